The molecule has 2 rings (SSSR count). The SMILES string of the molecule is COC1CCN(C(=O)c2cc(S(=O)(=O)Cl)c(Br)o2)C1. The molecule has 9 heteroatoms. The summed E-state index contributed by atoms with van der Waals surface area (Å²) in [7, 11) is 2.86. The van der Waals surface area contributed by atoms with Crippen LogP contribution in [0.3, 0.4) is 0 Å². The van der Waals surface area contributed by atoms with Crippen molar-refractivity contribution in [2.24, 2.45) is 0 Å². The molecule has 0 aromatic carbocycles. The quantitative estimate of drug-likeness (QED) is 0.757. The van der Waals surface area contributed by atoms with E-state index >= 15 is 0 Å². The minimum atomic E-state index is -3.95. The first-order valence-corrected chi connectivity index (χ1v) is 8.49. The lowest BCUT2D eigenvalue weighted by Crippen LogP contribution is -2.29. The zero-order valence-corrected chi connectivity index (χ0v) is 13.1. The van der Waals surface area contributed by atoms with Gasteiger partial charge in [-0.05, 0) is 22.4 Å². The van der Waals surface area contributed by atoms with E-state index in [2.05, 4.69) is 15.9 Å². The van der Waals surface area contributed by atoms with Crippen molar-refractivity contribution in [3.05, 3.63) is 16.5 Å². The van der Waals surface area contributed by atoms with E-state index in [0.29, 0.717) is 13.1 Å². The molecule has 0 saturated carbocycles. The zero-order chi connectivity index (χ0) is 14.2. The Bertz CT molecular complexity index is 599. The van der Waals surface area contributed by atoms with Crippen molar-refractivity contribution in [3.63, 3.8) is 0 Å². The van der Waals surface area contributed by atoms with E-state index in [4.69, 9.17) is 19.8 Å². The van der Waals surface area contributed by atoms with Gasteiger partial charge in [0.25, 0.3) is 15.0 Å². The van der Waals surface area contributed by atoms with Crippen molar-refractivity contribution in [1.29, 1.82) is 0 Å². The molecule has 1 saturated heterocycles. The van der Waals surface area contributed by atoms with Gasteiger partial charge in [-0.25, -0.2) is 8.42 Å². The van der Waals surface area contributed by atoms with Crippen molar-refractivity contribution in [3.8, 4) is 0 Å². The van der Waals surface area contributed by atoms with E-state index in [1.807, 2.05) is 0 Å². The largest absolute Gasteiger partial charge is 0.443 e. The van der Waals surface area contributed by atoms with Crippen molar-refractivity contribution in [1.82, 2.24) is 4.90 Å². The summed E-state index contributed by atoms with van der Waals surface area (Å²) in [5.74, 6) is -0.449. The summed E-state index contributed by atoms with van der Waals surface area (Å²) in [5, 5.41) is 0. The highest BCUT2D eigenvalue weighted by Crippen LogP contribution is 2.29. The van der Waals surface area contributed by atoms with Crippen LogP contribution in [0, 0.1) is 0 Å². The smallest absolute Gasteiger partial charge is 0.289 e. The Kier molecular flexibility index (Phi) is 4.24. The van der Waals surface area contributed by atoms with E-state index in [1.54, 1.807) is 12.0 Å². The Hall–Kier alpha value is -0.570. The number of furan rings is 1. The van der Waals surface area contributed by atoms with E-state index in [1.165, 1.54) is 0 Å². The number of likely N-dealkylation sites (tertiary alicyclic amines) is 1. The minimum absolute atomic E-state index is 0.00131. The lowest BCUT2D eigenvalue weighted by Gasteiger charge is -2.14. The highest BCUT2D eigenvalue weighted by molar-refractivity contribution is 9.10. The third-order valence-electron chi connectivity index (χ3n) is 2.89. The fourth-order valence-electron chi connectivity index (χ4n) is 1.88. The number of methoxy groups -OCH3 is 1. The monoisotopic (exact) mass is 371 g/mol. The van der Waals surface area contributed by atoms with Gasteiger partial charge in [-0.1, -0.05) is 0 Å². The van der Waals surface area contributed by atoms with Gasteiger partial charge in [0.2, 0.25) is 0 Å². The Balaban J connectivity index is 2.22. The molecule has 1 aromatic rings. The minimum Gasteiger partial charge on any atom is -0.443 e. The average molecular weight is 373 g/mol. The number of rotatable bonds is 3. The predicted molar refractivity (Wildman–Crippen MR) is 70.8 cm³/mol. The number of hydrogen-bond acceptors (Lipinski definition) is 5. The summed E-state index contributed by atoms with van der Waals surface area (Å²) in [6, 6.07) is 1.12. The number of carbonyl (C=O) groups is 1. The van der Waals surface area contributed by atoms with Gasteiger partial charge in [0.15, 0.2) is 10.4 Å². The van der Waals surface area contributed by atoms with Crippen LogP contribution in [0.25, 0.3) is 0 Å². The highest BCUT2D eigenvalue weighted by Gasteiger charge is 2.30. The van der Waals surface area contributed by atoms with Crippen molar-refractivity contribution in [2.45, 2.75) is 17.4 Å². The second-order valence-corrected chi connectivity index (χ2v) is 7.34. The number of nitrogens with zero attached hydrogens (tertiary/aromatic N) is 1. The molecule has 1 aromatic heterocycles. The molecule has 19 heavy (non-hydrogen) atoms. The molecule has 1 aliphatic rings. The van der Waals surface area contributed by atoms with E-state index in [-0.39, 0.29) is 27.3 Å². The molecule has 0 aliphatic carbocycles. The van der Waals surface area contributed by atoms with Crippen LogP contribution >= 0.6 is 26.6 Å². The van der Waals surface area contributed by atoms with Gasteiger partial charge < -0.3 is 14.1 Å². The predicted octanol–water partition coefficient (Wildman–Crippen LogP) is 1.83. The Morgan fingerprint density at radius 1 is 1.63 bits per heavy atom. The summed E-state index contributed by atoms with van der Waals surface area (Å²) < 4.78 is 32.7. The number of amides is 1. The molecular weight excluding hydrogens is 362 g/mol. The molecule has 1 aliphatic heterocycles. The molecule has 0 bridgehead atoms. The number of carbonyl (C=O) groups excluding carboxylic acids is 1. The van der Waals surface area contributed by atoms with Crippen molar-refractivity contribution in [2.75, 3.05) is 20.2 Å². The fourth-order valence-corrected chi connectivity index (χ4v) is 3.92. The Morgan fingerprint density at radius 3 is 2.79 bits per heavy atom. The van der Waals surface area contributed by atoms with Crippen LogP contribution in [0.15, 0.2) is 20.0 Å². The van der Waals surface area contributed by atoms with Crippen LogP contribution in [-0.4, -0.2) is 45.5 Å². The molecule has 2 heterocycles. The Labute approximate surface area is 123 Å². The van der Waals surface area contributed by atoms with Gasteiger partial charge in [0.05, 0.1) is 6.10 Å². The maximum absolute atomic E-state index is 12.1. The first-order valence-electron chi connectivity index (χ1n) is 5.39. The highest BCUT2D eigenvalue weighted by atomic mass is 79.9. The molecule has 1 fully saturated rings. The number of hydrogen-bond donors (Lipinski definition) is 0. The lowest BCUT2D eigenvalue weighted by atomic mass is 10.3. The second-order valence-electron chi connectivity index (χ2n) is 4.08. The van der Waals surface area contributed by atoms with Gasteiger partial charge in [-0.15, -0.1) is 0 Å². The van der Waals surface area contributed by atoms with Crippen LogP contribution in [-0.2, 0) is 13.8 Å². The first kappa shape index (κ1) is 14.8. The van der Waals surface area contributed by atoms with Gasteiger partial charge in [-0.2, -0.15) is 0 Å². The van der Waals surface area contributed by atoms with Gasteiger partial charge in [0, 0.05) is 36.9 Å². The molecule has 0 radical (unpaired) electrons. The summed E-state index contributed by atoms with van der Waals surface area (Å²) in [6.45, 7) is 0.995. The van der Waals surface area contributed by atoms with Crippen molar-refractivity contribution < 1.29 is 22.4 Å². The van der Waals surface area contributed by atoms with Crippen LogP contribution < -0.4 is 0 Å². The summed E-state index contributed by atoms with van der Waals surface area (Å²) in [4.78, 5) is 13.4. The molecule has 1 atom stereocenters. The Morgan fingerprint density at radius 2 is 2.32 bits per heavy atom. The second kappa shape index (κ2) is 5.43. The zero-order valence-electron chi connectivity index (χ0n) is 9.93. The van der Waals surface area contributed by atoms with E-state index < -0.39 is 9.05 Å². The van der Waals surface area contributed by atoms with Crippen molar-refractivity contribution >= 4 is 41.6 Å². The summed E-state index contributed by atoms with van der Waals surface area (Å²) in [5.41, 5.74) is 0. The third-order valence-corrected chi connectivity index (χ3v) is 5.07. The maximum atomic E-state index is 12.1. The maximum Gasteiger partial charge on any atom is 0.289 e. The van der Waals surface area contributed by atoms with E-state index in [9.17, 15) is 13.2 Å². The third kappa shape index (κ3) is 3.13. The number of ether oxygens (including phenoxy) is 1. The number of halogens is 2. The van der Waals surface area contributed by atoms with Crippen LogP contribution in [0.1, 0.15) is 17.0 Å². The topological polar surface area (TPSA) is 76.8 Å². The van der Waals surface area contributed by atoms with Gasteiger partial charge in [-0.3, -0.25) is 4.79 Å². The van der Waals surface area contributed by atoms with E-state index in [0.717, 1.165) is 12.5 Å². The van der Waals surface area contributed by atoms with Gasteiger partial charge in [0.1, 0.15) is 4.90 Å². The molecule has 6 nitrogen and oxygen atoms in total. The normalized spacial score (nSPS) is 19.9. The summed E-state index contributed by atoms with van der Waals surface area (Å²) in [6.07, 6.45) is 0.740. The summed E-state index contributed by atoms with van der Waals surface area (Å²) >= 11 is 2.93. The van der Waals surface area contributed by atoms with Gasteiger partial charge >= 0.3 is 0 Å². The fraction of sp³-hybridized carbons (Fsp3) is 0.500. The molecule has 1 amide bonds. The molecule has 106 valence electrons. The lowest BCUT2D eigenvalue weighted by molar-refractivity contribution is 0.0694. The average Bonchev–Trinajstić information content (AvgIpc) is 2.93. The standard InChI is InChI=1S/C10H11BrClNO5S/c1-17-6-2-3-13(5-6)10(14)7-4-8(9(11)18-7)19(12,15)16/h4,6H,2-3,5H2,1H3. The first-order chi connectivity index (χ1) is 8.82. The van der Waals surface area contributed by atoms with Crippen LogP contribution in [0.5, 0.6) is 0 Å². The molecular formula is C10H11BrClNO5S. The van der Waals surface area contributed by atoms with Crippen LogP contribution in [0.4, 0.5) is 0 Å². The molecule has 1 unspecified atom stereocenters. The van der Waals surface area contributed by atoms with Crippen LogP contribution in [0.2, 0.25) is 0 Å². The molecule has 0 spiro atoms. The molecule has 0 N–H and O–H groups in total.